The zero-order chi connectivity index (χ0) is 32.5. The highest BCUT2D eigenvalue weighted by molar-refractivity contribution is 5.94. The van der Waals surface area contributed by atoms with Crippen molar-refractivity contribution < 1.29 is 28.5 Å². The number of primary amides is 1. The number of phenols is 1. The third-order valence-corrected chi connectivity index (χ3v) is 7.73. The molecule has 0 spiro atoms. The summed E-state index contributed by atoms with van der Waals surface area (Å²) in [5, 5.41) is 16.0. The highest BCUT2D eigenvalue weighted by Gasteiger charge is 2.18. The molecule has 10 nitrogen and oxygen atoms in total. The van der Waals surface area contributed by atoms with Crippen molar-refractivity contribution in [2.24, 2.45) is 10.8 Å². The summed E-state index contributed by atoms with van der Waals surface area (Å²) >= 11 is 0. The Bertz CT molecular complexity index is 1720. The first-order valence-corrected chi connectivity index (χ1v) is 15.2. The molecule has 1 aromatic heterocycles. The number of aromatic hydroxyl groups is 1. The fraction of sp³-hybridized carbons (Fsp3) is 0.286. The van der Waals surface area contributed by atoms with Crippen LogP contribution >= 0.6 is 0 Å². The number of rotatable bonds is 13. The van der Waals surface area contributed by atoms with Gasteiger partial charge in [-0.1, -0.05) is 24.6 Å². The van der Waals surface area contributed by atoms with E-state index >= 15 is 4.39 Å². The second-order valence-electron chi connectivity index (χ2n) is 10.9. The van der Waals surface area contributed by atoms with Gasteiger partial charge in [0.15, 0.2) is 23.1 Å². The van der Waals surface area contributed by atoms with Gasteiger partial charge < -0.3 is 30.0 Å². The molecule has 2 amide bonds. The number of piperidine rings is 1. The number of benzene rings is 3. The molecule has 0 aliphatic carbocycles. The summed E-state index contributed by atoms with van der Waals surface area (Å²) in [6.07, 6.45) is 9.67. The summed E-state index contributed by atoms with van der Waals surface area (Å²) in [5.41, 5.74) is 7.21. The van der Waals surface area contributed by atoms with Crippen LogP contribution in [0.4, 0.5) is 14.9 Å². The molecule has 0 unspecified atom stereocenters. The Labute approximate surface area is 267 Å². The van der Waals surface area contributed by atoms with Crippen LogP contribution in [0.25, 0.3) is 10.9 Å². The van der Waals surface area contributed by atoms with Gasteiger partial charge in [0.2, 0.25) is 0 Å². The number of likely N-dealkylation sites (tertiary alicyclic amines) is 1. The minimum Gasteiger partial charge on any atom is -0.507 e. The Balaban J connectivity index is 1.31. The normalized spacial score (nSPS) is 13.5. The van der Waals surface area contributed by atoms with Gasteiger partial charge in [0.05, 0.1) is 31.1 Å². The zero-order valence-electron chi connectivity index (χ0n) is 25.8. The standard InChI is InChI=1S/C35H38FN5O5/c1-3-9-24-10-7-11-25(34(24)42)23-39-41(35(37)43)26-12-13-31(28(36)20-26)46-30-14-15-38-29-22-33(32(44-2)21-27(29)30)45-19-8-18-40-16-5-4-6-17-40/h3,7,10-15,20-23,42H,1,4-6,8-9,16-19H2,2H3,(H2,37,43)/b39-23+. The fourth-order valence-corrected chi connectivity index (χ4v) is 5.37. The summed E-state index contributed by atoms with van der Waals surface area (Å²) < 4.78 is 33.0. The van der Waals surface area contributed by atoms with Crippen molar-refractivity contribution in [2.45, 2.75) is 32.1 Å². The number of halogens is 1. The molecule has 1 fully saturated rings. The lowest BCUT2D eigenvalue weighted by Gasteiger charge is -2.26. The predicted octanol–water partition coefficient (Wildman–Crippen LogP) is 6.78. The maximum atomic E-state index is 15.4. The number of carbonyl (C=O) groups excluding carboxylic acids is 1. The number of phenolic OH excluding ortho intramolecular Hbond substituents is 1. The monoisotopic (exact) mass is 627 g/mol. The Morgan fingerprint density at radius 1 is 1.11 bits per heavy atom. The molecule has 3 aromatic carbocycles. The van der Waals surface area contributed by atoms with E-state index in [1.807, 2.05) is 0 Å². The number of urea groups is 1. The van der Waals surface area contributed by atoms with E-state index in [1.165, 1.54) is 37.6 Å². The number of hydrogen-bond acceptors (Lipinski definition) is 8. The smallest absolute Gasteiger partial charge is 0.340 e. The van der Waals surface area contributed by atoms with E-state index in [-0.39, 0.29) is 17.2 Å². The van der Waals surface area contributed by atoms with Crippen molar-refractivity contribution in [3.05, 3.63) is 90.4 Å². The Hall–Kier alpha value is -5.16. The van der Waals surface area contributed by atoms with E-state index in [0.29, 0.717) is 52.3 Å². The second-order valence-corrected chi connectivity index (χ2v) is 10.9. The molecule has 5 rings (SSSR count). The minimum atomic E-state index is -0.942. The van der Waals surface area contributed by atoms with E-state index in [2.05, 4.69) is 21.6 Å². The molecule has 0 saturated carbocycles. The number of para-hydroxylation sites is 1. The number of aromatic nitrogens is 1. The number of hydrogen-bond donors (Lipinski definition) is 2. The number of nitrogens with zero attached hydrogens (tertiary/aromatic N) is 4. The van der Waals surface area contributed by atoms with Gasteiger partial charge in [-0.2, -0.15) is 10.1 Å². The largest absolute Gasteiger partial charge is 0.507 e. The molecule has 240 valence electrons. The quantitative estimate of drug-likeness (QED) is 0.0725. The summed E-state index contributed by atoms with van der Waals surface area (Å²) in [6, 6.07) is 13.3. The lowest BCUT2D eigenvalue weighted by molar-refractivity contribution is 0.203. The average Bonchev–Trinajstić information content (AvgIpc) is 3.06. The van der Waals surface area contributed by atoms with Crippen LogP contribution in [0.2, 0.25) is 0 Å². The molecule has 0 atom stereocenters. The molecule has 46 heavy (non-hydrogen) atoms. The van der Waals surface area contributed by atoms with Crippen LogP contribution in [0, 0.1) is 5.82 Å². The van der Waals surface area contributed by atoms with Crippen molar-refractivity contribution in [1.29, 1.82) is 0 Å². The first kappa shape index (κ1) is 32.2. The highest BCUT2D eigenvalue weighted by Crippen LogP contribution is 2.38. The number of methoxy groups -OCH3 is 1. The molecule has 0 radical (unpaired) electrons. The predicted molar refractivity (Wildman–Crippen MR) is 177 cm³/mol. The average molecular weight is 628 g/mol. The van der Waals surface area contributed by atoms with Gasteiger partial charge >= 0.3 is 6.03 Å². The van der Waals surface area contributed by atoms with Crippen LogP contribution in [-0.2, 0) is 6.42 Å². The van der Waals surface area contributed by atoms with Gasteiger partial charge in [0.1, 0.15) is 11.5 Å². The summed E-state index contributed by atoms with van der Waals surface area (Å²) in [4.78, 5) is 19.1. The van der Waals surface area contributed by atoms with Gasteiger partial charge in [-0.05, 0) is 74.7 Å². The summed E-state index contributed by atoms with van der Waals surface area (Å²) in [6.45, 7) is 7.50. The summed E-state index contributed by atoms with van der Waals surface area (Å²) in [5.74, 6) is 0.596. The Kier molecular flexibility index (Phi) is 10.7. The van der Waals surface area contributed by atoms with Crippen LogP contribution in [0.3, 0.4) is 0 Å². The number of fused-ring (bicyclic) bond motifs is 1. The van der Waals surface area contributed by atoms with Gasteiger partial charge in [-0.3, -0.25) is 4.98 Å². The van der Waals surface area contributed by atoms with Crippen LogP contribution in [-0.4, -0.2) is 60.6 Å². The summed E-state index contributed by atoms with van der Waals surface area (Å²) in [7, 11) is 1.56. The maximum absolute atomic E-state index is 15.4. The van der Waals surface area contributed by atoms with Crippen molar-refractivity contribution in [2.75, 3.05) is 38.4 Å². The number of amides is 2. The minimum absolute atomic E-state index is 0.00162. The van der Waals surface area contributed by atoms with Gasteiger partial charge in [-0.15, -0.1) is 6.58 Å². The molecule has 2 heterocycles. The maximum Gasteiger partial charge on any atom is 0.340 e. The zero-order valence-corrected chi connectivity index (χ0v) is 25.8. The number of nitrogens with two attached hydrogens (primary N) is 1. The van der Waals surface area contributed by atoms with Gasteiger partial charge in [0.25, 0.3) is 0 Å². The first-order chi connectivity index (χ1) is 22.4. The first-order valence-electron chi connectivity index (χ1n) is 15.2. The molecule has 1 aliphatic heterocycles. The van der Waals surface area contributed by atoms with Gasteiger partial charge in [-0.25, -0.2) is 9.18 Å². The topological polar surface area (TPSA) is 123 Å². The number of pyridine rings is 1. The molecule has 0 bridgehead atoms. The number of carbonyl (C=O) groups is 1. The fourth-order valence-electron chi connectivity index (χ4n) is 5.37. The molecular formula is C35H38FN5O5. The van der Waals surface area contributed by atoms with Crippen molar-refractivity contribution in [3.63, 3.8) is 0 Å². The lowest BCUT2D eigenvalue weighted by Crippen LogP contribution is -2.31. The van der Waals surface area contributed by atoms with Crippen LogP contribution in [0.15, 0.2) is 78.6 Å². The van der Waals surface area contributed by atoms with Crippen LogP contribution in [0.5, 0.6) is 28.7 Å². The number of allylic oxidation sites excluding steroid dienone is 1. The van der Waals surface area contributed by atoms with Crippen LogP contribution in [0.1, 0.15) is 36.8 Å². The van der Waals surface area contributed by atoms with E-state index < -0.39 is 11.8 Å². The van der Waals surface area contributed by atoms with Gasteiger partial charge in [0, 0.05) is 35.8 Å². The van der Waals surface area contributed by atoms with E-state index in [9.17, 15) is 9.90 Å². The molecular weight excluding hydrogens is 589 g/mol. The van der Waals surface area contributed by atoms with Crippen LogP contribution < -0.4 is 25.0 Å². The molecule has 1 saturated heterocycles. The SMILES string of the molecule is C=CCc1cccc(/C=N/N(C(N)=O)c2ccc(Oc3ccnc4cc(OCCCN5CCCCC5)c(OC)cc34)c(F)c2)c1O. The van der Waals surface area contributed by atoms with E-state index in [1.54, 1.807) is 55.8 Å². The van der Waals surface area contributed by atoms with Crippen molar-refractivity contribution in [3.8, 4) is 28.7 Å². The van der Waals surface area contributed by atoms with Crippen molar-refractivity contribution >= 4 is 28.8 Å². The molecule has 4 aromatic rings. The second kappa shape index (κ2) is 15.2. The molecule has 1 aliphatic rings. The lowest BCUT2D eigenvalue weighted by atomic mass is 10.1. The van der Waals surface area contributed by atoms with E-state index in [0.717, 1.165) is 37.1 Å². The number of hydrazone groups is 1. The highest BCUT2D eigenvalue weighted by atomic mass is 19.1. The molecule has 3 N–H and O–H groups in total. The Morgan fingerprint density at radius 3 is 2.67 bits per heavy atom. The third kappa shape index (κ3) is 7.73. The number of ether oxygens (including phenoxy) is 3. The molecule has 11 heteroatoms. The number of anilines is 1. The van der Waals surface area contributed by atoms with E-state index in [4.69, 9.17) is 19.9 Å². The van der Waals surface area contributed by atoms with Crippen molar-refractivity contribution in [1.82, 2.24) is 9.88 Å². The Morgan fingerprint density at radius 2 is 1.93 bits per heavy atom. The third-order valence-electron chi connectivity index (χ3n) is 7.73.